The number of allylic oxidation sites excluding steroid dienone is 2. The molecule has 0 radical (unpaired) electrons. The van der Waals surface area contributed by atoms with E-state index in [9.17, 15) is 0 Å². The van der Waals surface area contributed by atoms with E-state index in [-0.39, 0.29) is 12.3 Å². The second-order valence-electron chi connectivity index (χ2n) is 17.4. The first-order valence-electron chi connectivity index (χ1n) is 20.1. The zero-order valence-electron chi connectivity index (χ0n) is 29.1. The van der Waals surface area contributed by atoms with Crippen molar-refractivity contribution < 1.29 is 0 Å². The van der Waals surface area contributed by atoms with Gasteiger partial charge in [0.1, 0.15) is 0 Å². The Labute approximate surface area is 287 Å². The number of aromatic nitrogens is 2. The zero-order chi connectivity index (χ0) is 31.9. The Hall–Kier alpha value is -1.63. The molecule has 10 heteroatoms. The lowest BCUT2D eigenvalue weighted by Crippen LogP contribution is -2.61. The van der Waals surface area contributed by atoms with Crippen LogP contribution in [0.4, 0.5) is 0 Å². The van der Waals surface area contributed by atoms with Gasteiger partial charge in [-0.25, -0.2) is 4.68 Å². The number of hydrogen-bond acceptors (Lipinski definition) is 9. The summed E-state index contributed by atoms with van der Waals surface area (Å²) in [6, 6.07) is 2.17. The Kier molecular flexibility index (Phi) is 8.14. The molecular formula is C38H60N10. The smallest absolute Gasteiger partial charge is 0.0664 e. The first kappa shape index (κ1) is 31.1. The second kappa shape index (κ2) is 12.5. The molecule has 8 fully saturated rings. The van der Waals surface area contributed by atoms with Crippen molar-refractivity contribution in [1.29, 1.82) is 0 Å². The number of nitrogens with zero attached hydrogens (tertiary/aromatic N) is 2. The first-order valence-corrected chi connectivity index (χ1v) is 20.1. The molecule has 8 N–H and O–H groups in total. The SMILES string of the molecule is Cc1cc(C)n(C=C2C=CC3C4NC(NC5NC(NC6NC(NC7NC(N4)C4CCCCC74)C4CCCCC64)C4CCCCC54)C3C2)n1. The van der Waals surface area contributed by atoms with Crippen molar-refractivity contribution in [3.63, 3.8) is 0 Å². The summed E-state index contributed by atoms with van der Waals surface area (Å²) >= 11 is 0. The molecule has 48 heavy (non-hydrogen) atoms. The molecule has 10 rings (SSSR count). The maximum absolute atomic E-state index is 4.77. The van der Waals surface area contributed by atoms with E-state index in [0.717, 1.165) is 12.1 Å². The predicted molar refractivity (Wildman–Crippen MR) is 188 cm³/mol. The van der Waals surface area contributed by atoms with Crippen LogP contribution in [0.25, 0.3) is 6.20 Å². The zero-order valence-corrected chi connectivity index (χ0v) is 29.1. The fourth-order valence-corrected chi connectivity index (χ4v) is 12.5. The van der Waals surface area contributed by atoms with Crippen LogP contribution in [-0.4, -0.2) is 59.1 Å². The summed E-state index contributed by atoms with van der Waals surface area (Å²) in [4.78, 5) is 0. The van der Waals surface area contributed by atoms with Gasteiger partial charge in [0, 0.05) is 23.7 Å². The molecule has 262 valence electrons. The van der Waals surface area contributed by atoms with Crippen LogP contribution in [0.1, 0.15) is 94.9 Å². The Morgan fingerprint density at radius 1 is 0.542 bits per heavy atom. The van der Waals surface area contributed by atoms with Crippen molar-refractivity contribution in [3.05, 3.63) is 35.2 Å². The summed E-state index contributed by atoms with van der Waals surface area (Å²) in [5.41, 5.74) is 3.65. The van der Waals surface area contributed by atoms with Gasteiger partial charge < -0.3 is 0 Å². The molecule has 16 unspecified atom stereocenters. The predicted octanol–water partition coefficient (Wildman–Crippen LogP) is 3.35. The molecule has 6 heterocycles. The highest BCUT2D eigenvalue weighted by Gasteiger charge is 2.54. The third-order valence-electron chi connectivity index (χ3n) is 14.7. The van der Waals surface area contributed by atoms with Crippen LogP contribution in [0.3, 0.4) is 0 Å². The Bertz CT molecular complexity index is 1410. The van der Waals surface area contributed by atoms with Crippen LogP contribution >= 0.6 is 0 Å². The van der Waals surface area contributed by atoms with E-state index in [0.29, 0.717) is 84.3 Å². The number of aryl methyl sites for hydroxylation is 2. The van der Waals surface area contributed by atoms with Gasteiger partial charge in [-0.1, -0.05) is 50.7 Å². The number of nitrogens with one attached hydrogen (secondary N) is 8. The topological polar surface area (TPSA) is 114 Å². The van der Waals surface area contributed by atoms with E-state index >= 15 is 0 Å². The normalized spacial score (nSPS) is 50.6. The van der Waals surface area contributed by atoms with Crippen molar-refractivity contribution >= 4 is 6.20 Å². The van der Waals surface area contributed by atoms with Crippen LogP contribution in [0.15, 0.2) is 23.8 Å². The monoisotopic (exact) mass is 657 g/mol. The molecular weight excluding hydrogens is 596 g/mol. The highest BCUT2D eigenvalue weighted by molar-refractivity contribution is 5.42. The van der Waals surface area contributed by atoms with Crippen LogP contribution < -0.4 is 42.5 Å². The third kappa shape index (κ3) is 5.40. The minimum absolute atomic E-state index is 0.236. The molecule has 3 saturated carbocycles. The summed E-state index contributed by atoms with van der Waals surface area (Å²) in [5, 5.41) is 38.6. The van der Waals surface area contributed by atoms with E-state index in [1.807, 2.05) is 0 Å². The van der Waals surface area contributed by atoms with E-state index in [2.05, 4.69) is 85.5 Å². The summed E-state index contributed by atoms with van der Waals surface area (Å²) < 4.78 is 2.08. The van der Waals surface area contributed by atoms with Gasteiger partial charge >= 0.3 is 0 Å². The molecule has 5 aliphatic heterocycles. The quantitative estimate of drug-likeness (QED) is 0.231. The highest BCUT2D eigenvalue weighted by atomic mass is 15.4. The van der Waals surface area contributed by atoms with Crippen LogP contribution in [0.2, 0.25) is 0 Å². The molecule has 0 aromatic carbocycles. The van der Waals surface area contributed by atoms with Gasteiger partial charge in [-0.3, -0.25) is 42.5 Å². The summed E-state index contributed by atoms with van der Waals surface area (Å²) in [5.74, 6) is 5.04. The minimum atomic E-state index is 0.236. The van der Waals surface area contributed by atoms with Crippen molar-refractivity contribution in [2.45, 2.75) is 147 Å². The first-order chi connectivity index (χ1) is 23.6. The van der Waals surface area contributed by atoms with Crippen LogP contribution in [0.5, 0.6) is 0 Å². The maximum atomic E-state index is 4.77. The van der Waals surface area contributed by atoms with Gasteiger partial charge in [0.25, 0.3) is 0 Å². The van der Waals surface area contributed by atoms with Gasteiger partial charge in [-0.2, -0.15) is 5.10 Å². The molecule has 1 aromatic heterocycles. The summed E-state index contributed by atoms with van der Waals surface area (Å²) in [6.45, 7) is 4.25. The highest BCUT2D eigenvalue weighted by Crippen LogP contribution is 2.45. The Morgan fingerprint density at radius 3 is 1.29 bits per heavy atom. The van der Waals surface area contributed by atoms with Crippen LogP contribution in [-0.2, 0) is 0 Å². The van der Waals surface area contributed by atoms with E-state index in [1.165, 1.54) is 88.3 Å². The van der Waals surface area contributed by atoms with E-state index in [4.69, 9.17) is 5.10 Å². The molecule has 10 nitrogen and oxygen atoms in total. The summed E-state index contributed by atoms with van der Waals surface area (Å²) in [7, 11) is 0. The van der Waals surface area contributed by atoms with Gasteiger partial charge in [-0.15, -0.1) is 0 Å². The van der Waals surface area contributed by atoms with Gasteiger partial charge in [0.2, 0.25) is 0 Å². The second-order valence-corrected chi connectivity index (χ2v) is 17.4. The van der Waals surface area contributed by atoms with Crippen molar-refractivity contribution in [3.8, 4) is 0 Å². The number of hydrogen-bond donors (Lipinski definition) is 8. The molecule has 5 saturated heterocycles. The largest absolute Gasteiger partial charge is 0.286 e. The van der Waals surface area contributed by atoms with E-state index in [1.54, 1.807) is 0 Å². The van der Waals surface area contributed by atoms with Crippen molar-refractivity contribution in [2.24, 2.45) is 47.3 Å². The van der Waals surface area contributed by atoms with Gasteiger partial charge in [-0.05, 0) is 106 Å². The minimum Gasteiger partial charge on any atom is -0.286 e. The molecule has 4 aliphatic carbocycles. The Balaban J connectivity index is 0.992. The van der Waals surface area contributed by atoms with E-state index < -0.39 is 0 Å². The molecule has 0 spiro atoms. The third-order valence-corrected chi connectivity index (χ3v) is 14.7. The fraction of sp³-hybridized carbons (Fsp3) is 0.816. The molecule has 16 atom stereocenters. The van der Waals surface area contributed by atoms with Crippen molar-refractivity contribution in [2.75, 3.05) is 0 Å². The molecule has 9 aliphatic rings. The lowest BCUT2D eigenvalue weighted by atomic mass is 9.76. The lowest BCUT2D eigenvalue weighted by Gasteiger charge is -2.35. The van der Waals surface area contributed by atoms with Crippen LogP contribution in [0, 0.1) is 61.2 Å². The molecule has 8 bridgehead atoms. The maximum Gasteiger partial charge on any atom is 0.0664 e. The van der Waals surface area contributed by atoms with Gasteiger partial charge in [0.05, 0.1) is 55.0 Å². The lowest BCUT2D eigenvalue weighted by molar-refractivity contribution is 0.173. The molecule has 1 aromatic rings. The average molecular weight is 657 g/mol. The van der Waals surface area contributed by atoms with Gasteiger partial charge in [0.15, 0.2) is 0 Å². The van der Waals surface area contributed by atoms with Crippen molar-refractivity contribution in [1.82, 2.24) is 52.3 Å². The summed E-state index contributed by atoms with van der Waals surface area (Å²) in [6.07, 6.45) is 27.0. The average Bonchev–Trinajstić information content (AvgIpc) is 3.89. The Morgan fingerprint density at radius 2 is 0.917 bits per heavy atom. The molecule has 0 amide bonds. The standard InChI is InChI=1S/C38H60N10/c1-20-17-21(2)48(47-20)19-22-15-16-29-30(18-22)38-45-36-28-14-8-7-13-27(28)34(43-36)41-32-24-10-4-3-9-23(24)31(39-32)40-33-25-11-5-6-12-26(25)35(42-33)44-37(29)46-38/h15-17,19,23-46H,3-14,18H2,1-2H3. The fourth-order valence-electron chi connectivity index (χ4n) is 12.5. The number of rotatable bonds is 1. The number of fused-ring (bicyclic) bond motifs is 20.